The normalized spacial score (nSPS) is 16.5. The van der Waals surface area contributed by atoms with Crippen molar-refractivity contribution in [2.75, 3.05) is 5.01 Å². The molecule has 3 nitrogen and oxygen atoms in total. The molecule has 21 heavy (non-hydrogen) atoms. The molecule has 0 bridgehead atoms. The Morgan fingerprint density at radius 1 is 1.10 bits per heavy atom. The first-order valence-electron chi connectivity index (χ1n) is 6.57. The van der Waals surface area contributed by atoms with Crippen molar-refractivity contribution in [2.45, 2.75) is 6.92 Å². The van der Waals surface area contributed by atoms with Crippen molar-refractivity contribution in [3.8, 4) is 0 Å². The van der Waals surface area contributed by atoms with Gasteiger partial charge in [-0.3, -0.25) is 4.79 Å². The number of hydrogen-bond acceptors (Lipinski definition) is 2. The van der Waals surface area contributed by atoms with Crippen molar-refractivity contribution in [1.82, 2.24) is 0 Å². The number of carbonyl (C=O) groups excluding carboxylic acids is 1. The average molecular weight is 280 g/mol. The molecule has 0 spiro atoms. The summed E-state index contributed by atoms with van der Waals surface area (Å²) in [4.78, 5) is 12.5. The van der Waals surface area contributed by atoms with Gasteiger partial charge in [-0.2, -0.15) is 10.1 Å². The van der Waals surface area contributed by atoms with Gasteiger partial charge in [-0.05, 0) is 42.8 Å². The number of para-hydroxylation sites is 1. The fourth-order valence-corrected chi connectivity index (χ4v) is 2.19. The van der Waals surface area contributed by atoms with Crippen LogP contribution < -0.4 is 5.01 Å². The third-order valence-corrected chi connectivity index (χ3v) is 3.22. The molecule has 4 heteroatoms. The molecule has 0 aromatic heterocycles. The Morgan fingerprint density at radius 2 is 1.86 bits per heavy atom. The molecule has 0 atom stereocenters. The molecule has 0 unspecified atom stereocenters. The Hall–Kier alpha value is -2.75. The minimum atomic E-state index is -0.329. The highest BCUT2D eigenvalue weighted by molar-refractivity contribution is 6.32. The second-order valence-corrected chi connectivity index (χ2v) is 4.75. The third-order valence-electron chi connectivity index (χ3n) is 3.22. The maximum absolute atomic E-state index is 13.2. The summed E-state index contributed by atoms with van der Waals surface area (Å²) < 4.78 is 13.2. The zero-order valence-corrected chi connectivity index (χ0v) is 11.5. The zero-order chi connectivity index (χ0) is 14.8. The van der Waals surface area contributed by atoms with Gasteiger partial charge < -0.3 is 0 Å². The average Bonchev–Trinajstić information content (AvgIpc) is 2.76. The number of halogens is 1. The Labute approximate surface area is 122 Å². The fraction of sp³-hybridized carbons (Fsp3) is 0.0588. The number of nitrogens with zero attached hydrogens (tertiary/aromatic N) is 2. The maximum atomic E-state index is 13.2. The standard InChI is InChI=1S/C17H13FN2O/c1-12-16(11-13-6-5-7-14(18)10-13)17(21)20(19-12)15-8-3-2-4-9-15/h2-11H,1H3. The molecule has 0 aliphatic carbocycles. The second kappa shape index (κ2) is 5.32. The summed E-state index contributed by atoms with van der Waals surface area (Å²) >= 11 is 0. The van der Waals surface area contributed by atoms with E-state index in [1.807, 2.05) is 30.3 Å². The third kappa shape index (κ3) is 2.60. The molecule has 2 aromatic rings. The number of hydrogen-bond donors (Lipinski definition) is 0. The summed E-state index contributed by atoms with van der Waals surface area (Å²) in [6, 6.07) is 15.3. The summed E-state index contributed by atoms with van der Waals surface area (Å²) in [5.74, 6) is -0.535. The van der Waals surface area contributed by atoms with E-state index in [0.717, 1.165) is 0 Å². The minimum absolute atomic E-state index is 0.206. The van der Waals surface area contributed by atoms with E-state index < -0.39 is 0 Å². The van der Waals surface area contributed by atoms with Crippen LogP contribution in [-0.2, 0) is 4.79 Å². The van der Waals surface area contributed by atoms with E-state index in [9.17, 15) is 9.18 Å². The van der Waals surface area contributed by atoms with Gasteiger partial charge >= 0.3 is 0 Å². The topological polar surface area (TPSA) is 32.7 Å². The molecule has 1 heterocycles. The van der Waals surface area contributed by atoms with Gasteiger partial charge in [0.15, 0.2) is 0 Å². The first-order valence-corrected chi connectivity index (χ1v) is 6.57. The van der Waals surface area contributed by atoms with Gasteiger partial charge in [0.25, 0.3) is 5.91 Å². The predicted molar refractivity (Wildman–Crippen MR) is 81.4 cm³/mol. The Kier molecular flexibility index (Phi) is 3.36. The molecular formula is C17H13FN2O. The SMILES string of the molecule is CC1=NN(c2ccccc2)C(=O)C1=Cc1cccc(F)c1. The van der Waals surface area contributed by atoms with Crippen LogP contribution in [0.1, 0.15) is 12.5 Å². The second-order valence-electron chi connectivity index (χ2n) is 4.75. The molecule has 0 saturated heterocycles. The number of anilines is 1. The molecule has 0 saturated carbocycles. The van der Waals surface area contributed by atoms with Crippen molar-refractivity contribution in [1.29, 1.82) is 0 Å². The van der Waals surface area contributed by atoms with Crippen LogP contribution in [-0.4, -0.2) is 11.6 Å². The highest BCUT2D eigenvalue weighted by atomic mass is 19.1. The van der Waals surface area contributed by atoms with Crippen molar-refractivity contribution in [2.24, 2.45) is 5.10 Å². The summed E-state index contributed by atoms with van der Waals surface area (Å²) in [5.41, 5.74) is 2.45. The van der Waals surface area contributed by atoms with Crippen LogP contribution in [0.2, 0.25) is 0 Å². The summed E-state index contributed by atoms with van der Waals surface area (Å²) in [5, 5.41) is 5.64. The number of amides is 1. The van der Waals surface area contributed by atoms with E-state index in [2.05, 4.69) is 5.10 Å². The molecule has 0 fully saturated rings. The van der Waals surface area contributed by atoms with Crippen LogP contribution in [0.5, 0.6) is 0 Å². The van der Waals surface area contributed by atoms with E-state index in [1.165, 1.54) is 17.1 Å². The van der Waals surface area contributed by atoms with Gasteiger partial charge in [0.05, 0.1) is 17.0 Å². The van der Waals surface area contributed by atoms with E-state index in [-0.39, 0.29) is 11.7 Å². The van der Waals surface area contributed by atoms with Gasteiger partial charge in [0.1, 0.15) is 5.82 Å². The molecule has 1 amide bonds. The Balaban J connectivity index is 1.96. The monoisotopic (exact) mass is 280 g/mol. The molecular weight excluding hydrogens is 267 g/mol. The van der Waals surface area contributed by atoms with E-state index in [0.29, 0.717) is 22.5 Å². The van der Waals surface area contributed by atoms with Crippen LogP contribution in [0.3, 0.4) is 0 Å². The lowest BCUT2D eigenvalue weighted by Gasteiger charge is -2.10. The molecule has 0 radical (unpaired) electrons. The molecule has 3 rings (SSSR count). The highest BCUT2D eigenvalue weighted by Crippen LogP contribution is 2.24. The van der Waals surface area contributed by atoms with Crippen molar-refractivity contribution >= 4 is 23.4 Å². The van der Waals surface area contributed by atoms with E-state index in [4.69, 9.17) is 0 Å². The van der Waals surface area contributed by atoms with Gasteiger partial charge in [-0.15, -0.1) is 0 Å². The predicted octanol–water partition coefficient (Wildman–Crippen LogP) is 3.63. The molecule has 0 N–H and O–H groups in total. The highest BCUT2D eigenvalue weighted by Gasteiger charge is 2.28. The Morgan fingerprint density at radius 3 is 2.57 bits per heavy atom. The van der Waals surface area contributed by atoms with Crippen molar-refractivity contribution < 1.29 is 9.18 Å². The summed E-state index contributed by atoms with van der Waals surface area (Å²) in [6.07, 6.45) is 1.66. The van der Waals surface area contributed by atoms with Gasteiger partial charge in [-0.25, -0.2) is 4.39 Å². The van der Waals surface area contributed by atoms with Crippen molar-refractivity contribution in [3.05, 3.63) is 71.6 Å². The van der Waals surface area contributed by atoms with Crippen LogP contribution in [0.25, 0.3) is 6.08 Å². The van der Waals surface area contributed by atoms with Crippen LogP contribution >= 0.6 is 0 Å². The van der Waals surface area contributed by atoms with Gasteiger partial charge in [0.2, 0.25) is 0 Å². The number of rotatable bonds is 2. The lowest BCUT2D eigenvalue weighted by Crippen LogP contribution is -2.21. The number of carbonyl (C=O) groups is 1. The van der Waals surface area contributed by atoms with Crippen molar-refractivity contribution in [3.63, 3.8) is 0 Å². The molecule has 1 aliphatic heterocycles. The van der Waals surface area contributed by atoms with Gasteiger partial charge in [0, 0.05) is 0 Å². The first kappa shape index (κ1) is 13.2. The first-order chi connectivity index (χ1) is 10.1. The number of benzene rings is 2. The fourth-order valence-electron chi connectivity index (χ4n) is 2.19. The van der Waals surface area contributed by atoms with Crippen LogP contribution in [0.4, 0.5) is 10.1 Å². The lowest BCUT2D eigenvalue weighted by molar-refractivity contribution is -0.114. The van der Waals surface area contributed by atoms with Crippen LogP contribution in [0, 0.1) is 5.82 Å². The van der Waals surface area contributed by atoms with E-state index >= 15 is 0 Å². The van der Waals surface area contributed by atoms with Gasteiger partial charge in [-0.1, -0.05) is 30.3 Å². The van der Waals surface area contributed by atoms with E-state index in [1.54, 1.807) is 25.1 Å². The Bertz CT molecular complexity index is 750. The van der Waals surface area contributed by atoms with Crippen LogP contribution in [0.15, 0.2) is 65.3 Å². The molecule has 1 aliphatic rings. The zero-order valence-electron chi connectivity index (χ0n) is 11.5. The largest absolute Gasteiger partial charge is 0.280 e. The summed E-state index contributed by atoms with van der Waals surface area (Å²) in [6.45, 7) is 1.77. The molecule has 104 valence electrons. The quantitative estimate of drug-likeness (QED) is 0.773. The molecule has 2 aromatic carbocycles. The number of hydrazone groups is 1. The lowest BCUT2D eigenvalue weighted by atomic mass is 10.1. The maximum Gasteiger partial charge on any atom is 0.280 e. The smallest absolute Gasteiger partial charge is 0.267 e. The minimum Gasteiger partial charge on any atom is -0.267 e. The summed E-state index contributed by atoms with van der Waals surface area (Å²) in [7, 11) is 0.